The van der Waals surface area contributed by atoms with Crippen LogP contribution in [-0.4, -0.2) is 63.0 Å². The summed E-state index contributed by atoms with van der Waals surface area (Å²) in [6.45, 7) is 8.27. The van der Waals surface area contributed by atoms with Gasteiger partial charge in [0.25, 0.3) is 0 Å². The first-order chi connectivity index (χ1) is 8.29. The van der Waals surface area contributed by atoms with Crippen LogP contribution in [0.2, 0.25) is 0 Å². The van der Waals surface area contributed by atoms with Gasteiger partial charge in [0.1, 0.15) is 0 Å². The number of hydrogen-bond acceptors (Lipinski definition) is 4. The van der Waals surface area contributed by atoms with Crippen molar-refractivity contribution in [1.82, 2.24) is 10.2 Å². The van der Waals surface area contributed by atoms with Crippen molar-refractivity contribution in [3.05, 3.63) is 0 Å². The van der Waals surface area contributed by atoms with E-state index in [4.69, 9.17) is 9.47 Å². The summed E-state index contributed by atoms with van der Waals surface area (Å²) in [5.41, 5.74) is 0.0655. The molecule has 4 nitrogen and oxygen atoms in total. The van der Waals surface area contributed by atoms with Gasteiger partial charge in [0.15, 0.2) is 0 Å². The van der Waals surface area contributed by atoms with Crippen LogP contribution in [0.5, 0.6) is 0 Å². The molecule has 1 atom stereocenters. The van der Waals surface area contributed by atoms with Crippen LogP contribution in [0.4, 0.5) is 0 Å². The largest absolute Gasteiger partial charge is 0.378 e. The number of ether oxygens (including phenoxy) is 2. The molecule has 0 aromatic carbocycles. The Hall–Kier alpha value is -0.160. The Bertz CT molecular complexity index is 229. The fraction of sp³-hybridized carbons (Fsp3) is 1.00. The van der Waals surface area contributed by atoms with Crippen LogP contribution in [0.25, 0.3) is 0 Å². The third-order valence-electron chi connectivity index (χ3n) is 4.26. The lowest BCUT2D eigenvalue weighted by Crippen LogP contribution is -2.56. The summed E-state index contributed by atoms with van der Waals surface area (Å²) in [6, 6.07) is 0.575. The molecule has 2 saturated heterocycles. The molecular formula is C13H26N2O2. The fourth-order valence-electron chi connectivity index (χ4n) is 2.95. The minimum atomic E-state index is 0.0655. The normalized spacial score (nSPS) is 30.4. The number of rotatable bonds is 4. The van der Waals surface area contributed by atoms with Crippen LogP contribution in [0, 0.1) is 0 Å². The van der Waals surface area contributed by atoms with E-state index >= 15 is 0 Å². The first-order valence-corrected chi connectivity index (χ1v) is 6.87. The van der Waals surface area contributed by atoms with Crippen molar-refractivity contribution >= 4 is 0 Å². The van der Waals surface area contributed by atoms with Crippen molar-refractivity contribution in [3.63, 3.8) is 0 Å². The highest BCUT2D eigenvalue weighted by molar-refractivity contribution is 4.91. The zero-order chi connectivity index (χ0) is 12.1. The van der Waals surface area contributed by atoms with Crippen LogP contribution >= 0.6 is 0 Å². The van der Waals surface area contributed by atoms with Crippen molar-refractivity contribution in [1.29, 1.82) is 0 Å². The summed E-state index contributed by atoms with van der Waals surface area (Å²) in [5, 5.41) is 3.41. The zero-order valence-electron chi connectivity index (χ0n) is 11.2. The summed E-state index contributed by atoms with van der Waals surface area (Å²) in [5.74, 6) is 0. The molecule has 0 spiro atoms. The molecule has 1 N–H and O–H groups in total. The second kappa shape index (κ2) is 6.14. The lowest BCUT2D eigenvalue weighted by atomic mass is 9.90. The molecule has 0 saturated carbocycles. The van der Waals surface area contributed by atoms with Gasteiger partial charge in [0.05, 0.1) is 18.8 Å². The fourth-order valence-corrected chi connectivity index (χ4v) is 2.95. The number of piperidine rings is 1. The van der Waals surface area contributed by atoms with E-state index in [0.717, 1.165) is 58.7 Å². The smallest absolute Gasteiger partial charge is 0.0829 e. The molecule has 2 aliphatic heterocycles. The Balaban J connectivity index is 1.96. The molecule has 2 heterocycles. The number of hydrogen-bond donors (Lipinski definition) is 1. The van der Waals surface area contributed by atoms with E-state index in [2.05, 4.69) is 17.1 Å². The quantitative estimate of drug-likeness (QED) is 0.793. The number of nitrogens with zero attached hydrogens (tertiary/aromatic N) is 1. The summed E-state index contributed by atoms with van der Waals surface area (Å²) >= 11 is 0. The van der Waals surface area contributed by atoms with E-state index in [-0.39, 0.29) is 5.60 Å². The van der Waals surface area contributed by atoms with Crippen LogP contribution in [0.3, 0.4) is 0 Å². The predicted octanol–water partition coefficient (Wildman–Crippen LogP) is 0.866. The Morgan fingerprint density at radius 2 is 2.18 bits per heavy atom. The maximum absolute atomic E-state index is 5.85. The Kier molecular flexibility index (Phi) is 4.79. The average molecular weight is 242 g/mol. The molecule has 17 heavy (non-hydrogen) atoms. The molecule has 2 fully saturated rings. The highest BCUT2D eigenvalue weighted by Crippen LogP contribution is 2.25. The van der Waals surface area contributed by atoms with E-state index in [9.17, 15) is 0 Å². The van der Waals surface area contributed by atoms with Crippen molar-refractivity contribution in [2.75, 3.05) is 46.5 Å². The van der Waals surface area contributed by atoms with Crippen molar-refractivity contribution in [2.24, 2.45) is 0 Å². The minimum absolute atomic E-state index is 0.0655. The van der Waals surface area contributed by atoms with E-state index in [1.807, 2.05) is 7.11 Å². The van der Waals surface area contributed by atoms with Crippen LogP contribution in [0.1, 0.15) is 26.2 Å². The second-order valence-corrected chi connectivity index (χ2v) is 5.24. The van der Waals surface area contributed by atoms with E-state index in [1.165, 1.54) is 0 Å². The molecular weight excluding hydrogens is 216 g/mol. The zero-order valence-corrected chi connectivity index (χ0v) is 11.2. The summed E-state index contributed by atoms with van der Waals surface area (Å²) in [6.07, 6.45) is 3.41. The number of nitrogens with one attached hydrogen (secondary N) is 1. The topological polar surface area (TPSA) is 33.7 Å². The maximum Gasteiger partial charge on any atom is 0.0829 e. The van der Waals surface area contributed by atoms with Gasteiger partial charge in [0.2, 0.25) is 0 Å². The summed E-state index contributed by atoms with van der Waals surface area (Å²) in [4.78, 5) is 2.57. The van der Waals surface area contributed by atoms with Crippen LogP contribution in [-0.2, 0) is 9.47 Å². The van der Waals surface area contributed by atoms with Crippen molar-refractivity contribution in [2.45, 2.75) is 37.8 Å². The molecule has 100 valence electrons. The molecule has 0 bridgehead atoms. The molecule has 2 rings (SSSR count). The molecule has 0 aromatic rings. The molecule has 4 heteroatoms. The average Bonchev–Trinajstić information content (AvgIpc) is 2.40. The summed E-state index contributed by atoms with van der Waals surface area (Å²) in [7, 11) is 1.87. The predicted molar refractivity (Wildman–Crippen MR) is 68.3 cm³/mol. The van der Waals surface area contributed by atoms with Gasteiger partial charge in [-0.25, -0.2) is 0 Å². The second-order valence-electron chi connectivity index (χ2n) is 5.24. The van der Waals surface area contributed by atoms with E-state index in [1.54, 1.807) is 0 Å². The van der Waals surface area contributed by atoms with Gasteiger partial charge in [0, 0.05) is 26.2 Å². The Labute approximate surface area is 105 Å². The van der Waals surface area contributed by atoms with Crippen LogP contribution in [0.15, 0.2) is 0 Å². The van der Waals surface area contributed by atoms with Gasteiger partial charge in [-0.15, -0.1) is 0 Å². The lowest BCUT2D eigenvalue weighted by molar-refractivity contribution is -0.0908. The molecule has 0 amide bonds. The number of morpholine rings is 1. The van der Waals surface area contributed by atoms with E-state index < -0.39 is 0 Å². The molecule has 0 radical (unpaired) electrons. The monoisotopic (exact) mass is 242 g/mol. The summed E-state index contributed by atoms with van der Waals surface area (Å²) < 4.78 is 11.4. The third-order valence-corrected chi connectivity index (χ3v) is 4.26. The van der Waals surface area contributed by atoms with Crippen molar-refractivity contribution in [3.8, 4) is 0 Å². The SMILES string of the molecule is CCC1COCCN1CC1(OC)CCNCC1. The third kappa shape index (κ3) is 3.19. The van der Waals surface area contributed by atoms with Gasteiger partial charge in [-0.2, -0.15) is 0 Å². The first-order valence-electron chi connectivity index (χ1n) is 6.87. The highest BCUT2D eigenvalue weighted by Gasteiger charge is 2.36. The van der Waals surface area contributed by atoms with Gasteiger partial charge in [-0.1, -0.05) is 6.92 Å². The molecule has 0 aliphatic carbocycles. The van der Waals surface area contributed by atoms with Gasteiger partial charge < -0.3 is 14.8 Å². The Morgan fingerprint density at radius 3 is 2.82 bits per heavy atom. The van der Waals surface area contributed by atoms with Gasteiger partial charge in [-0.05, 0) is 32.4 Å². The van der Waals surface area contributed by atoms with Crippen molar-refractivity contribution < 1.29 is 9.47 Å². The van der Waals surface area contributed by atoms with Crippen LogP contribution < -0.4 is 5.32 Å². The highest BCUT2D eigenvalue weighted by atomic mass is 16.5. The maximum atomic E-state index is 5.85. The van der Waals surface area contributed by atoms with E-state index in [0.29, 0.717) is 6.04 Å². The first kappa shape index (κ1) is 13.3. The minimum Gasteiger partial charge on any atom is -0.378 e. The lowest BCUT2D eigenvalue weighted by Gasteiger charge is -2.44. The van der Waals surface area contributed by atoms with Gasteiger partial charge in [-0.3, -0.25) is 4.90 Å². The Morgan fingerprint density at radius 1 is 1.41 bits per heavy atom. The molecule has 0 aromatic heterocycles. The molecule has 1 unspecified atom stereocenters. The standard InChI is InChI=1S/C13H26N2O2/c1-3-12-10-17-9-8-15(12)11-13(16-2)4-6-14-7-5-13/h12,14H,3-11H2,1-2H3. The van der Waals surface area contributed by atoms with Gasteiger partial charge >= 0.3 is 0 Å². The molecule has 2 aliphatic rings. The number of methoxy groups -OCH3 is 1.